The minimum absolute atomic E-state index is 0.302. The van der Waals surface area contributed by atoms with E-state index in [4.69, 9.17) is 4.74 Å². The van der Waals surface area contributed by atoms with E-state index in [-0.39, 0.29) is 5.91 Å². The van der Waals surface area contributed by atoms with Crippen LogP contribution in [0, 0.1) is 19.8 Å². The van der Waals surface area contributed by atoms with Crippen LogP contribution >= 0.6 is 11.3 Å². The lowest BCUT2D eigenvalue weighted by Crippen LogP contribution is -2.17. The van der Waals surface area contributed by atoms with Gasteiger partial charge in [-0.15, -0.1) is 11.3 Å². The molecule has 0 aromatic carbocycles. The van der Waals surface area contributed by atoms with Crippen molar-refractivity contribution < 1.29 is 14.3 Å². The molecule has 2 aromatic heterocycles. The van der Waals surface area contributed by atoms with Gasteiger partial charge in [0, 0.05) is 10.6 Å². The van der Waals surface area contributed by atoms with Crippen LogP contribution < -0.4 is 5.32 Å². The number of amides is 1. The third-order valence-corrected chi connectivity index (χ3v) is 5.63. The Morgan fingerprint density at radius 3 is 2.76 bits per heavy atom. The number of carbonyl (C=O) groups is 2. The Hall–Kier alpha value is -2.21. The molecule has 0 aliphatic heterocycles. The van der Waals surface area contributed by atoms with Crippen molar-refractivity contribution in [2.24, 2.45) is 5.92 Å². The molecule has 0 spiro atoms. The first-order valence-corrected chi connectivity index (χ1v) is 9.20. The molecule has 0 saturated carbocycles. The molecule has 1 unspecified atom stereocenters. The second-order valence-electron chi connectivity index (χ2n) is 6.67. The smallest absolute Gasteiger partial charge is 0.341 e. The maximum atomic E-state index is 12.6. The first-order chi connectivity index (χ1) is 11.9. The van der Waals surface area contributed by atoms with E-state index in [0.29, 0.717) is 22.2 Å². The van der Waals surface area contributed by atoms with Crippen LogP contribution in [0.25, 0.3) is 0 Å². The second-order valence-corrected chi connectivity index (χ2v) is 7.78. The number of rotatable bonds is 3. The topological polar surface area (TPSA) is 68.3 Å². The quantitative estimate of drug-likeness (QED) is 0.844. The number of fused-ring (bicyclic) bond motifs is 1. The predicted octanol–water partition coefficient (Wildman–Crippen LogP) is 3.92. The fourth-order valence-electron chi connectivity index (χ4n) is 3.28. The Labute approximate surface area is 151 Å². The first kappa shape index (κ1) is 17.6. The van der Waals surface area contributed by atoms with E-state index < -0.39 is 5.97 Å². The SMILES string of the molecule is COC(=O)c1c(NC(=O)c2cc(C)cc(C)n2)sc2c1CCC(C)C2. The number of aryl methyl sites for hydroxylation is 2. The first-order valence-electron chi connectivity index (χ1n) is 8.38. The van der Waals surface area contributed by atoms with Crippen molar-refractivity contribution in [3.8, 4) is 0 Å². The van der Waals surface area contributed by atoms with Crippen LogP contribution in [0.5, 0.6) is 0 Å². The summed E-state index contributed by atoms with van der Waals surface area (Å²) in [6.45, 7) is 5.99. The monoisotopic (exact) mass is 358 g/mol. The van der Waals surface area contributed by atoms with Crippen molar-refractivity contribution in [1.29, 1.82) is 0 Å². The van der Waals surface area contributed by atoms with Crippen molar-refractivity contribution in [2.75, 3.05) is 12.4 Å². The minimum atomic E-state index is -0.393. The second kappa shape index (κ2) is 6.96. The van der Waals surface area contributed by atoms with Gasteiger partial charge in [-0.25, -0.2) is 9.78 Å². The standard InChI is InChI=1S/C19H22N2O3S/c1-10-5-6-13-15(9-10)25-18(16(13)19(23)24-4)21-17(22)14-8-11(2)7-12(3)20-14/h7-8,10H,5-6,9H2,1-4H3,(H,21,22). The normalized spacial score (nSPS) is 16.2. The molecule has 1 amide bonds. The van der Waals surface area contributed by atoms with Crippen LogP contribution in [0.1, 0.15) is 55.9 Å². The van der Waals surface area contributed by atoms with Gasteiger partial charge in [0.05, 0.1) is 12.7 Å². The van der Waals surface area contributed by atoms with Gasteiger partial charge in [0.1, 0.15) is 10.7 Å². The number of ether oxygens (including phenoxy) is 1. The van der Waals surface area contributed by atoms with E-state index in [2.05, 4.69) is 17.2 Å². The maximum absolute atomic E-state index is 12.6. The minimum Gasteiger partial charge on any atom is -0.465 e. The number of pyridine rings is 1. The van der Waals surface area contributed by atoms with Gasteiger partial charge in [-0.1, -0.05) is 6.92 Å². The van der Waals surface area contributed by atoms with Gasteiger partial charge < -0.3 is 10.1 Å². The van der Waals surface area contributed by atoms with E-state index in [1.807, 2.05) is 19.9 Å². The molecule has 2 heterocycles. The summed E-state index contributed by atoms with van der Waals surface area (Å²) < 4.78 is 4.95. The summed E-state index contributed by atoms with van der Waals surface area (Å²) >= 11 is 1.48. The highest BCUT2D eigenvalue weighted by atomic mass is 32.1. The molecular formula is C19H22N2O3S. The molecule has 25 heavy (non-hydrogen) atoms. The van der Waals surface area contributed by atoms with Crippen molar-refractivity contribution in [2.45, 2.75) is 40.0 Å². The maximum Gasteiger partial charge on any atom is 0.341 e. The highest BCUT2D eigenvalue weighted by molar-refractivity contribution is 7.17. The number of carbonyl (C=O) groups excluding carboxylic acids is 2. The van der Waals surface area contributed by atoms with Gasteiger partial charge in [-0.3, -0.25) is 4.79 Å². The average molecular weight is 358 g/mol. The Bertz CT molecular complexity index is 821. The number of aromatic nitrogens is 1. The van der Waals surface area contributed by atoms with Crippen LogP contribution in [0.3, 0.4) is 0 Å². The Balaban J connectivity index is 1.96. The summed E-state index contributed by atoms with van der Waals surface area (Å²) in [5, 5.41) is 3.45. The number of hydrogen-bond donors (Lipinski definition) is 1. The Morgan fingerprint density at radius 1 is 1.32 bits per heavy atom. The number of anilines is 1. The number of hydrogen-bond acceptors (Lipinski definition) is 5. The molecular weight excluding hydrogens is 336 g/mol. The highest BCUT2D eigenvalue weighted by Gasteiger charge is 2.29. The fourth-order valence-corrected chi connectivity index (χ4v) is 4.68. The van der Waals surface area contributed by atoms with Crippen molar-refractivity contribution in [1.82, 2.24) is 4.98 Å². The molecule has 0 fully saturated rings. The van der Waals surface area contributed by atoms with E-state index in [1.54, 1.807) is 6.07 Å². The van der Waals surface area contributed by atoms with E-state index >= 15 is 0 Å². The summed E-state index contributed by atoms with van der Waals surface area (Å²) in [5.74, 6) is -0.111. The van der Waals surface area contributed by atoms with E-state index in [0.717, 1.165) is 36.1 Å². The third-order valence-electron chi connectivity index (χ3n) is 4.46. The molecule has 3 rings (SSSR count). The number of methoxy groups -OCH3 is 1. The van der Waals surface area contributed by atoms with Crippen molar-refractivity contribution in [3.05, 3.63) is 45.1 Å². The van der Waals surface area contributed by atoms with Gasteiger partial charge in [-0.2, -0.15) is 0 Å². The average Bonchev–Trinajstić information content (AvgIpc) is 2.90. The molecule has 0 radical (unpaired) electrons. The van der Waals surface area contributed by atoms with Crippen LogP contribution in [-0.2, 0) is 17.6 Å². The lowest BCUT2D eigenvalue weighted by Gasteiger charge is -2.18. The number of nitrogens with zero attached hydrogens (tertiary/aromatic N) is 1. The molecule has 0 saturated heterocycles. The van der Waals surface area contributed by atoms with Gasteiger partial charge in [-0.05, 0) is 62.3 Å². The summed E-state index contributed by atoms with van der Waals surface area (Å²) in [4.78, 5) is 30.4. The Morgan fingerprint density at radius 2 is 2.08 bits per heavy atom. The molecule has 1 aliphatic carbocycles. The fraction of sp³-hybridized carbons (Fsp3) is 0.421. The highest BCUT2D eigenvalue weighted by Crippen LogP contribution is 2.40. The molecule has 2 aromatic rings. The Kier molecular flexibility index (Phi) is 4.90. The zero-order chi connectivity index (χ0) is 18.1. The summed E-state index contributed by atoms with van der Waals surface area (Å²) in [6, 6.07) is 3.66. The van der Waals surface area contributed by atoms with Crippen molar-refractivity contribution in [3.63, 3.8) is 0 Å². The van der Waals surface area contributed by atoms with Gasteiger partial charge in [0.15, 0.2) is 0 Å². The van der Waals surface area contributed by atoms with Gasteiger partial charge >= 0.3 is 5.97 Å². The van der Waals surface area contributed by atoms with Crippen LogP contribution in [-0.4, -0.2) is 24.0 Å². The predicted molar refractivity (Wildman–Crippen MR) is 98.5 cm³/mol. The van der Waals surface area contributed by atoms with Gasteiger partial charge in [0.25, 0.3) is 5.91 Å². The van der Waals surface area contributed by atoms with Gasteiger partial charge in [0.2, 0.25) is 0 Å². The molecule has 1 N–H and O–H groups in total. The van der Waals surface area contributed by atoms with E-state index in [1.165, 1.54) is 23.3 Å². The zero-order valence-corrected chi connectivity index (χ0v) is 15.8. The van der Waals surface area contributed by atoms with Crippen molar-refractivity contribution >= 4 is 28.2 Å². The molecule has 0 bridgehead atoms. The van der Waals surface area contributed by atoms with E-state index in [9.17, 15) is 9.59 Å². The molecule has 1 aliphatic rings. The van der Waals surface area contributed by atoms with Crippen LogP contribution in [0.15, 0.2) is 12.1 Å². The molecule has 132 valence electrons. The number of esters is 1. The van der Waals surface area contributed by atoms with Crippen LogP contribution in [0.2, 0.25) is 0 Å². The zero-order valence-electron chi connectivity index (χ0n) is 14.9. The largest absolute Gasteiger partial charge is 0.465 e. The lowest BCUT2D eigenvalue weighted by molar-refractivity contribution is 0.0601. The molecule has 6 heteroatoms. The third kappa shape index (κ3) is 3.58. The van der Waals surface area contributed by atoms with Crippen LogP contribution in [0.4, 0.5) is 5.00 Å². The number of nitrogens with one attached hydrogen (secondary N) is 1. The summed E-state index contributed by atoms with van der Waals surface area (Å²) in [7, 11) is 1.37. The lowest BCUT2D eigenvalue weighted by atomic mass is 9.88. The number of thiophene rings is 1. The summed E-state index contributed by atoms with van der Waals surface area (Å²) in [6.07, 6.45) is 2.82. The summed E-state index contributed by atoms with van der Waals surface area (Å²) in [5.41, 5.74) is 3.65. The molecule has 1 atom stereocenters. The molecule has 5 nitrogen and oxygen atoms in total.